The number of amides is 1. The second kappa shape index (κ2) is 8.18. The summed E-state index contributed by atoms with van der Waals surface area (Å²) in [5, 5.41) is 5.97. The lowest BCUT2D eigenvalue weighted by molar-refractivity contribution is 0.102. The zero-order valence-electron chi connectivity index (χ0n) is 15.4. The smallest absolute Gasteiger partial charge is 0.257 e. The maximum absolute atomic E-state index is 12.8. The molecule has 7 nitrogen and oxygen atoms in total. The van der Waals surface area contributed by atoms with Gasteiger partial charge in [-0.25, -0.2) is 9.97 Å². The van der Waals surface area contributed by atoms with Crippen molar-refractivity contribution in [2.24, 2.45) is 0 Å². The molecule has 0 atom stereocenters. The van der Waals surface area contributed by atoms with Crippen molar-refractivity contribution in [3.8, 4) is 11.3 Å². The highest BCUT2D eigenvalue weighted by atomic mass is 16.1. The second-order valence-electron chi connectivity index (χ2n) is 6.22. The van der Waals surface area contributed by atoms with E-state index >= 15 is 0 Å². The van der Waals surface area contributed by atoms with Gasteiger partial charge < -0.3 is 16.4 Å². The molecule has 0 aliphatic carbocycles. The fraction of sp³-hybridized carbons (Fsp3) is 0. The van der Waals surface area contributed by atoms with E-state index in [9.17, 15) is 4.79 Å². The Bertz CT molecular complexity index is 1150. The van der Waals surface area contributed by atoms with Gasteiger partial charge in [-0.05, 0) is 42.5 Å². The average Bonchev–Trinajstić information content (AvgIpc) is 2.76. The summed E-state index contributed by atoms with van der Waals surface area (Å²) in [5.41, 5.74) is 9.63. The minimum Gasteiger partial charge on any atom is -0.397 e. The SMILES string of the molecule is Nc1ccccc1NC(=O)c1ccccc1Nc1nccc(-c2cccnc2)n1. The minimum absolute atomic E-state index is 0.283. The van der Waals surface area contributed by atoms with E-state index in [1.807, 2.05) is 30.3 Å². The van der Waals surface area contributed by atoms with Crippen LogP contribution in [0.25, 0.3) is 11.3 Å². The highest BCUT2D eigenvalue weighted by molar-refractivity contribution is 6.09. The van der Waals surface area contributed by atoms with E-state index in [2.05, 4.69) is 25.6 Å². The Morgan fingerprint density at radius 2 is 1.66 bits per heavy atom. The van der Waals surface area contributed by atoms with E-state index in [1.165, 1.54) is 0 Å². The third-order valence-corrected chi connectivity index (χ3v) is 4.24. The Balaban J connectivity index is 1.59. The van der Waals surface area contributed by atoms with Crippen LogP contribution in [0.3, 0.4) is 0 Å². The number of benzene rings is 2. The van der Waals surface area contributed by atoms with E-state index in [0.717, 1.165) is 11.3 Å². The molecule has 0 radical (unpaired) electrons. The Kier molecular flexibility index (Phi) is 5.11. The summed E-state index contributed by atoms with van der Waals surface area (Å²) in [4.78, 5) is 25.7. The Morgan fingerprint density at radius 1 is 0.862 bits per heavy atom. The Labute approximate surface area is 167 Å². The molecule has 0 saturated heterocycles. The molecule has 0 aliphatic heterocycles. The van der Waals surface area contributed by atoms with Crippen molar-refractivity contribution in [3.63, 3.8) is 0 Å². The molecule has 4 aromatic rings. The minimum atomic E-state index is -0.283. The van der Waals surface area contributed by atoms with Crippen LogP contribution < -0.4 is 16.4 Å². The first kappa shape index (κ1) is 18.1. The fourth-order valence-electron chi connectivity index (χ4n) is 2.81. The van der Waals surface area contributed by atoms with Crippen LogP contribution in [0.2, 0.25) is 0 Å². The molecule has 0 spiro atoms. The normalized spacial score (nSPS) is 10.3. The number of nitrogens with zero attached hydrogens (tertiary/aromatic N) is 3. The van der Waals surface area contributed by atoms with Gasteiger partial charge in [0, 0.05) is 24.2 Å². The Morgan fingerprint density at radius 3 is 2.45 bits per heavy atom. The standard InChI is InChI=1S/C22H18N6O/c23-17-8-2-4-10-20(17)26-21(29)16-7-1-3-9-19(16)28-22-25-13-11-18(27-22)15-6-5-12-24-14-15/h1-14H,23H2,(H,26,29)(H,25,27,28). The van der Waals surface area contributed by atoms with Gasteiger partial charge in [0.05, 0.1) is 28.3 Å². The molecule has 7 heteroatoms. The molecule has 0 aliphatic rings. The number of anilines is 4. The van der Waals surface area contributed by atoms with Gasteiger partial charge in [0.1, 0.15) is 0 Å². The zero-order valence-corrected chi connectivity index (χ0v) is 15.4. The lowest BCUT2D eigenvalue weighted by Crippen LogP contribution is -2.15. The maximum Gasteiger partial charge on any atom is 0.257 e. The number of pyridine rings is 1. The van der Waals surface area contributed by atoms with Crippen LogP contribution in [0, 0.1) is 0 Å². The van der Waals surface area contributed by atoms with Gasteiger partial charge in [-0.3, -0.25) is 9.78 Å². The number of hydrogen-bond acceptors (Lipinski definition) is 6. The number of rotatable bonds is 5. The van der Waals surface area contributed by atoms with Gasteiger partial charge in [0.25, 0.3) is 5.91 Å². The lowest BCUT2D eigenvalue weighted by Gasteiger charge is -2.12. The first-order valence-corrected chi connectivity index (χ1v) is 8.96. The highest BCUT2D eigenvalue weighted by Crippen LogP contribution is 2.23. The van der Waals surface area contributed by atoms with E-state index < -0.39 is 0 Å². The maximum atomic E-state index is 12.8. The van der Waals surface area contributed by atoms with Crippen LogP contribution in [-0.4, -0.2) is 20.9 Å². The molecule has 2 heterocycles. The first-order chi connectivity index (χ1) is 14.2. The molecule has 0 unspecified atom stereocenters. The Hall–Kier alpha value is -4.26. The van der Waals surface area contributed by atoms with Crippen molar-refractivity contribution in [1.29, 1.82) is 0 Å². The highest BCUT2D eigenvalue weighted by Gasteiger charge is 2.13. The van der Waals surface area contributed by atoms with Gasteiger partial charge in [-0.15, -0.1) is 0 Å². The second-order valence-corrected chi connectivity index (χ2v) is 6.22. The third kappa shape index (κ3) is 4.19. The molecular weight excluding hydrogens is 364 g/mol. The molecular formula is C22H18N6O. The molecule has 4 N–H and O–H groups in total. The summed E-state index contributed by atoms with van der Waals surface area (Å²) in [7, 11) is 0. The van der Waals surface area contributed by atoms with Gasteiger partial charge in [-0.1, -0.05) is 24.3 Å². The van der Waals surface area contributed by atoms with Crippen molar-refractivity contribution in [2.45, 2.75) is 0 Å². The van der Waals surface area contributed by atoms with E-state index in [1.54, 1.807) is 55.0 Å². The number of hydrogen-bond donors (Lipinski definition) is 3. The van der Waals surface area contributed by atoms with Crippen molar-refractivity contribution < 1.29 is 4.79 Å². The largest absolute Gasteiger partial charge is 0.397 e. The van der Waals surface area contributed by atoms with Crippen LogP contribution in [0.1, 0.15) is 10.4 Å². The van der Waals surface area contributed by atoms with Crippen LogP contribution in [0.4, 0.5) is 23.0 Å². The van der Waals surface area contributed by atoms with Crippen LogP contribution >= 0.6 is 0 Å². The van der Waals surface area contributed by atoms with Crippen molar-refractivity contribution in [2.75, 3.05) is 16.4 Å². The third-order valence-electron chi connectivity index (χ3n) is 4.24. The lowest BCUT2D eigenvalue weighted by atomic mass is 10.1. The molecule has 2 aromatic carbocycles. The van der Waals surface area contributed by atoms with E-state index in [4.69, 9.17) is 5.73 Å². The van der Waals surface area contributed by atoms with Gasteiger partial charge in [0.2, 0.25) is 5.95 Å². The van der Waals surface area contributed by atoms with E-state index in [0.29, 0.717) is 28.6 Å². The van der Waals surface area contributed by atoms with Crippen LogP contribution in [-0.2, 0) is 0 Å². The van der Waals surface area contributed by atoms with Crippen molar-refractivity contribution in [3.05, 3.63) is 90.9 Å². The summed E-state index contributed by atoms with van der Waals surface area (Å²) < 4.78 is 0. The number of nitrogens with two attached hydrogens (primary N) is 1. The van der Waals surface area contributed by atoms with Crippen LogP contribution in [0.15, 0.2) is 85.3 Å². The number of nitrogens with one attached hydrogen (secondary N) is 2. The van der Waals surface area contributed by atoms with Gasteiger partial charge in [-0.2, -0.15) is 0 Å². The monoisotopic (exact) mass is 382 g/mol. The quantitative estimate of drug-likeness (QED) is 0.449. The van der Waals surface area contributed by atoms with Crippen molar-refractivity contribution >= 4 is 28.9 Å². The number of aromatic nitrogens is 3. The van der Waals surface area contributed by atoms with Crippen LogP contribution in [0.5, 0.6) is 0 Å². The molecule has 4 rings (SSSR count). The summed E-state index contributed by atoms with van der Waals surface area (Å²) >= 11 is 0. The molecule has 142 valence electrons. The molecule has 0 saturated carbocycles. The summed E-state index contributed by atoms with van der Waals surface area (Å²) in [6.45, 7) is 0. The molecule has 2 aromatic heterocycles. The molecule has 29 heavy (non-hydrogen) atoms. The summed E-state index contributed by atoms with van der Waals surface area (Å²) in [6, 6.07) is 19.8. The van der Waals surface area contributed by atoms with Gasteiger partial charge >= 0.3 is 0 Å². The van der Waals surface area contributed by atoms with Crippen molar-refractivity contribution in [1.82, 2.24) is 15.0 Å². The fourth-order valence-corrected chi connectivity index (χ4v) is 2.81. The summed E-state index contributed by atoms with van der Waals surface area (Å²) in [6.07, 6.45) is 5.10. The number of nitrogen functional groups attached to an aromatic ring is 1. The number of carbonyl (C=O) groups excluding carboxylic acids is 1. The number of para-hydroxylation sites is 3. The molecule has 1 amide bonds. The summed E-state index contributed by atoms with van der Waals surface area (Å²) in [5.74, 6) is 0.0974. The predicted octanol–water partition coefficient (Wildman–Crippen LogP) is 4.12. The number of carbonyl (C=O) groups is 1. The molecule has 0 bridgehead atoms. The topological polar surface area (TPSA) is 106 Å². The van der Waals surface area contributed by atoms with E-state index in [-0.39, 0.29) is 5.91 Å². The average molecular weight is 382 g/mol. The van der Waals surface area contributed by atoms with Gasteiger partial charge in [0.15, 0.2) is 0 Å². The zero-order chi connectivity index (χ0) is 20.1. The first-order valence-electron chi connectivity index (χ1n) is 8.96. The predicted molar refractivity (Wildman–Crippen MR) is 114 cm³/mol. The molecule has 0 fully saturated rings.